The van der Waals surface area contributed by atoms with Crippen molar-refractivity contribution in [1.29, 1.82) is 0 Å². The maximum atomic E-state index is 8.63. The van der Waals surface area contributed by atoms with Gasteiger partial charge in [0.05, 0.1) is 0 Å². The molecule has 0 rings (SSSR count). The number of hydrogen-bond donors (Lipinski definition) is 1. The van der Waals surface area contributed by atoms with Crippen LogP contribution in [0.15, 0.2) is 0 Å². The van der Waals surface area contributed by atoms with Gasteiger partial charge < -0.3 is 17.0 Å². The predicted molar refractivity (Wildman–Crippen MR) is 18.1 cm³/mol. The van der Waals surface area contributed by atoms with Gasteiger partial charge in [0.25, 0.3) is 0 Å². The van der Waals surface area contributed by atoms with Crippen molar-refractivity contribution in [3.63, 3.8) is 0 Å². The summed E-state index contributed by atoms with van der Waals surface area (Å²) < 4.78 is 32.8. The van der Waals surface area contributed by atoms with Crippen LogP contribution in [0.2, 0.25) is 0 Å². The maximum Gasteiger partial charge on any atom is 2.00 e. The van der Waals surface area contributed by atoms with Gasteiger partial charge in [-0.05, 0) is 0 Å². The Kier molecular flexibility index (Phi) is 12.5. The van der Waals surface area contributed by atoms with Gasteiger partial charge in [0.1, 0.15) is 0 Å². The monoisotopic (exact) mass is 172 g/mol. The van der Waals surface area contributed by atoms with E-state index in [9.17, 15) is 0 Å². The number of hydrogen-bond acceptors (Lipinski definition) is 3. The van der Waals surface area contributed by atoms with Gasteiger partial charge in [0, 0.05) is 0 Å². The first-order valence-corrected chi connectivity index (χ1v) is 2.05. The van der Waals surface area contributed by atoms with Crippen molar-refractivity contribution in [3.8, 4) is 0 Å². The molecule has 0 radical (unpaired) electrons. The Labute approximate surface area is 77.3 Å². The molecule has 7 heteroatoms. The molecule has 0 aliphatic rings. The van der Waals surface area contributed by atoms with E-state index in [1.807, 2.05) is 0 Å². The summed E-state index contributed by atoms with van der Waals surface area (Å²) in [7, 11) is -4.92. The van der Waals surface area contributed by atoms with E-state index < -0.39 is 10.4 Å². The average molecular weight is 173 g/mol. The molecule has 0 saturated carbocycles. The smallest absolute Gasteiger partial charge is 1.00 e. The van der Waals surface area contributed by atoms with Crippen LogP contribution in [0, 0.1) is 0 Å². The zero-order valence-corrected chi connectivity index (χ0v) is 6.95. The van der Waals surface area contributed by atoms with Gasteiger partial charge in [-0.15, -0.1) is 0 Å². The second-order valence-corrected chi connectivity index (χ2v) is 1.28. The van der Waals surface area contributed by atoms with Gasteiger partial charge in [-0.1, -0.05) is 0 Å². The zero-order chi connectivity index (χ0) is 4.50. The van der Waals surface area contributed by atoms with Crippen LogP contribution in [0.4, 0.5) is 0 Å². The van der Waals surface area contributed by atoms with Crippen molar-refractivity contribution >= 4 is 48.1 Å². The second-order valence-electron chi connectivity index (χ2n) is 0.428. The van der Waals surface area contributed by atoms with E-state index in [1.165, 1.54) is 0 Å². The second kappa shape index (κ2) is 5.55. The van der Waals surface area contributed by atoms with Crippen molar-refractivity contribution in [3.05, 3.63) is 0 Å². The van der Waals surface area contributed by atoms with E-state index in [0.29, 0.717) is 0 Å². The van der Waals surface area contributed by atoms with Crippen molar-refractivity contribution in [2.75, 3.05) is 0 Å². The Morgan fingerprint density at radius 1 is 1.43 bits per heavy atom. The fraction of sp³-hybridized carbons (Fsp3) is 0. The number of halogens is 1. The Hall–Kier alpha value is 1.42. The molecule has 0 spiro atoms. The van der Waals surface area contributed by atoms with E-state index in [-0.39, 0.29) is 50.1 Å². The third-order valence-electron chi connectivity index (χ3n) is 0. The predicted octanol–water partition coefficient (Wildman–Crippen LogP) is -4.37. The molecule has 0 atom stereocenters. The first-order valence-electron chi connectivity index (χ1n) is 0.683. The van der Waals surface area contributed by atoms with Crippen LogP contribution in [0.25, 0.3) is 0 Å². The summed E-state index contributed by atoms with van der Waals surface area (Å²) in [5.41, 5.74) is 0. The van der Waals surface area contributed by atoms with Gasteiger partial charge in [-0.2, -0.15) is 0 Å². The molecule has 0 amide bonds. The molecule has 4 nitrogen and oxygen atoms in total. The minimum absolute atomic E-state index is 0. The zero-order valence-electron chi connectivity index (χ0n) is 3.17. The molecular weight excluding hydrogens is 172 g/mol. The number of rotatable bonds is 0. The van der Waals surface area contributed by atoms with Crippen molar-refractivity contribution < 1.29 is 29.9 Å². The van der Waals surface area contributed by atoms with Crippen LogP contribution < -0.4 is 12.4 Å². The molecule has 0 aliphatic carbocycles. The summed E-state index contributed by atoms with van der Waals surface area (Å²) >= 11 is 0. The molecule has 1 N–H and O–H groups in total. The summed E-state index contributed by atoms with van der Waals surface area (Å²) in [5, 5.41) is 0. The normalized spacial score (nSPS) is 8.29. The molecule has 0 aromatic heterocycles. The molecule has 0 unspecified atom stereocenters. The molecule has 7 heavy (non-hydrogen) atoms. The van der Waals surface area contributed by atoms with E-state index >= 15 is 0 Å². The summed E-state index contributed by atoms with van der Waals surface area (Å²) in [4.78, 5) is 0. The van der Waals surface area contributed by atoms with E-state index in [1.54, 1.807) is 0 Å². The third-order valence-corrected chi connectivity index (χ3v) is 0. The van der Waals surface area contributed by atoms with Crippen molar-refractivity contribution in [2.24, 2.45) is 0 Å². The Bertz CT molecular complexity index is 94.9. The van der Waals surface area contributed by atoms with Crippen LogP contribution in [-0.4, -0.2) is 55.3 Å². The Balaban J connectivity index is -0.0000000800. The Morgan fingerprint density at radius 2 is 1.43 bits per heavy atom. The summed E-state index contributed by atoms with van der Waals surface area (Å²) in [6, 6.07) is 0. The minimum atomic E-state index is -4.92. The van der Waals surface area contributed by atoms with Crippen LogP contribution in [0.5, 0.6) is 0 Å². The quantitative estimate of drug-likeness (QED) is 0.228. The molecule has 0 fully saturated rings. The van der Waals surface area contributed by atoms with Gasteiger partial charge in [0.15, 0.2) is 0 Å². The van der Waals surface area contributed by atoms with Crippen LogP contribution >= 0.6 is 0 Å². The van der Waals surface area contributed by atoms with Gasteiger partial charge >= 0.3 is 37.7 Å². The molecule has 0 aromatic rings. The van der Waals surface area contributed by atoms with E-state index in [0.717, 1.165) is 0 Å². The average Bonchev–Trinajstić information content (AvgIpc) is 0.722. The first kappa shape index (κ1) is 15.8. The largest absolute Gasteiger partial charge is 2.00 e. The summed E-state index contributed by atoms with van der Waals surface area (Å²) in [5.74, 6) is 0. The SMILES string of the molecule is O=S(=O)([O-])O.[Ca+2].[Cl-]. The fourth-order valence-electron chi connectivity index (χ4n) is 0. The molecule has 0 heterocycles. The summed E-state index contributed by atoms with van der Waals surface area (Å²) in [6.07, 6.45) is 0. The molecule has 0 aliphatic heterocycles. The summed E-state index contributed by atoms with van der Waals surface area (Å²) in [6.45, 7) is 0. The van der Waals surface area contributed by atoms with Gasteiger partial charge in [-0.25, -0.2) is 8.42 Å². The van der Waals surface area contributed by atoms with Crippen molar-refractivity contribution in [2.45, 2.75) is 0 Å². The maximum absolute atomic E-state index is 8.63. The van der Waals surface area contributed by atoms with Crippen LogP contribution in [-0.2, 0) is 10.4 Å². The van der Waals surface area contributed by atoms with Crippen LogP contribution in [0.1, 0.15) is 0 Å². The molecule has 40 valence electrons. The molecular formula is HCaClO4S. The molecule has 0 bridgehead atoms. The van der Waals surface area contributed by atoms with Gasteiger partial charge in [0.2, 0.25) is 10.4 Å². The Morgan fingerprint density at radius 3 is 1.43 bits per heavy atom. The van der Waals surface area contributed by atoms with E-state index in [2.05, 4.69) is 0 Å². The van der Waals surface area contributed by atoms with Gasteiger partial charge in [-0.3, -0.25) is 4.55 Å². The first-order chi connectivity index (χ1) is 2.00. The van der Waals surface area contributed by atoms with E-state index in [4.69, 9.17) is 17.5 Å². The van der Waals surface area contributed by atoms with Crippen molar-refractivity contribution in [1.82, 2.24) is 0 Å². The third kappa shape index (κ3) is 108. The molecule has 0 saturated heterocycles. The topological polar surface area (TPSA) is 77.4 Å². The minimum Gasteiger partial charge on any atom is -1.00 e. The standard InChI is InChI=1S/Ca.ClH.H2O4S/c;;1-5(2,3)4/h;1H;(H2,1,2,3,4)/q+2;;/p-2. The van der Waals surface area contributed by atoms with Crippen LogP contribution in [0.3, 0.4) is 0 Å². The molecule has 0 aromatic carbocycles. The fourth-order valence-corrected chi connectivity index (χ4v) is 0.